The summed E-state index contributed by atoms with van der Waals surface area (Å²) in [6, 6.07) is 8.67. The van der Waals surface area contributed by atoms with Crippen molar-refractivity contribution in [3.05, 3.63) is 35.5 Å². The fourth-order valence-electron chi connectivity index (χ4n) is 9.41. The van der Waals surface area contributed by atoms with E-state index in [2.05, 4.69) is 43.1 Å². The second-order valence-corrected chi connectivity index (χ2v) is 12.6. The fraction of sp³-hybridized carbons (Fsp3) is 0.704. The van der Waals surface area contributed by atoms with Crippen LogP contribution in [0.2, 0.25) is 0 Å². The normalized spacial score (nSPS) is 53.4. The fourth-order valence-corrected chi connectivity index (χ4v) is 9.41. The van der Waals surface area contributed by atoms with Crippen LogP contribution in [0.15, 0.2) is 24.3 Å². The van der Waals surface area contributed by atoms with Gasteiger partial charge in [0.15, 0.2) is 5.60 Å². The van der Waals surface area contributed by atoms with E-state index in [9.17, 15) is 10.2 Å². The predicted octanol–water partition coefficient (Wildman–Crippen LogP) is 2.98. The molecule has 0 amide bonds. The summed E-state index contributed by atoms with van der Waals surface area (Å²) in [7, 11) is 0. The number of para-hydroxylation sites is 1. The molecule has 0 bridgehead atoms. The van der Waals surface area contributed by atoms with Crippen LogP contribution in [0, 0.1) is 11.3 Å². The number of aromatic nitrogens is 1. The Bertz CT molecular complexity index is 1220. The number of epoxide rings is 2. The van der Waals surface area contributed by atoms with Gasteiger partial charge in [-0.25, -0.2) is 0 Å². The van der Waals surface area contributed by atoms with E-state index in [1.807, 2.05) is 0 Å². The third-order valence-electron chi connectivity index (χ3n) is 11.1. The zero-order valence-corrected chi connectivity index (χ0v) is 19.7. The minimum atomic E-state index is -1.13. The maximum Gasteiger partial charge on any atom is 0.155 e. The quantitative estimate of drug-likeness (QED) is 0.580. The van der Waals surface area contributed by atoms with E-state index in [4.69, 9.17) is 14.2 Å². The molecule has 1 aromatic carbocycles. The summed E-state index contributed by atoms with van der Waals surface area (Å²) < 4.78 is 19.7. The van der Waals surface area contributed by atoms with Gasteiger partial charge < -0.3 is 29.4 Å². The van der Waals surface area contributed by atoms with Gasteiger partial charge in [0.05, 0.1) is 17.8 Å². The molecule has 2 unspecified atom stereocenters. The molecule has 3 aliphatic heterocycles. The molecule has 10 atom stereocenters. The second kappa shape index (κ2) is 5.36. The summed E-state index contributed by atoms with van der Waals surface area (Å²) >= 11 is 0. The molecular formula is C27H33NO5. The largest absolute Gasteiger partial charge is 0.388 e. The summed E-state index contributed by atoms with van der Waals surface area (Å²) in [6.07, 6.45) is 2.04. The van der Waals surface area contributed by atoms with Crippen LogP contribution in [0.1, 0.15) is 58.2 Å². The zero-order chi connectivity index (χ0) is 22.8. The van der Waals surface area contributed by atoms with Gasteiger partial charge in [-0.05, 0) is 57.1 Å². The Morgan fingerprint density at radius 3 is 2.70 bits per heavy atom. The van der Waals surface area contributed by atoms with E-state index in [0.717, 1.165) is 25.7 Å². The van der Waals surface area contributed by atoms with Crippen molar-refractivity contribution in [2.75, 3.05) is 0 Å². The van der Waals surface area contributed by atoms with Gasteiger partial charge in [0.1, 0.15) is 23.9 Å². The Morgan fingerprint density at radius 1 is 1.12 bits per heavy atom. The molecule has 3 aliphatic carbocycles. The Balaban J connectivity index is 1.28. The SMILES string of the molecule is CC(C)(O)[C@H]1O[C@H]2CC[C@@]3(C)C4(OC4C[C@H]4Cc5c([nH]c6ccccc56)[C@@]43C)[C@]23O[C@@H]3[C@@H]1O. The van der Waals surface area contributed by atoms with E-state index in [0.29, 0.717) is 5.92 Å². The highest BCUT2D eigenvalue weighted by Crippen LogP contribution is 2.81. The number of aliphatic hydroxyl groups excluding tert-OH is 1. The molecule has 6 nitrogen and oxygen atoms in total. The van der Waals surface area contributed by atoms with Crippen molar-refractivity contribution in [2.24, 2.45) is 11.3 Å². The van der Waals surface area contributed by atoms with Gasteiger partial charge in [-0.15, -0.1) is 0 Å². The van der Waals surface area contributed by atoms with Crippen LogP contribution in [0.4, 0.5) is 0 Å². The monoisotopic (exact) mass is 451 g/mol. The molecule has 33 heavy (non-hydrogen) atoms. The lowest BCUT2D eigenvalue weighted by molar-refractivity contribution is -0.224. The number of hydrogen-bond donors (Lipinski definition) is 3. The number of H-pyrrole nitrogens is 1. The molecule has 2 spiro atoms. The number of rotatable bonds is 1. The van der Waals surface area contributed by atoms with Crippen molar-refractivity contribution in [3.63, 3.8) is 0 Å². The molecule has 2 saturated carbocycles. The second-order valence-electron chi connectivity index (χ2n) is 12.6. The molecule has 3 saturated heterocycles. The number of ether oxygens (including phenoxy) is 3. The Kier molecular flexibility index (Phi) is 3.22. The van der Waals surface area contributed by atoms with Crippen LogP contribution >= 0.6 is 0 Å². The predicted molar refractivity (Wildman–Crippen MR) is 121 cm³/mol. The molecule has 3 N–H and O–H groups in total. The summed E-state index contributed by atoms with van der Waals surface area (Å²) in [5.41, 5.74) is 1.66. The summed E-state index contributed by atoms with van der Waals surface area (Å²) in [5.74, 6) is 0.526. The van der Waals surface area contributed by atoms with E-state index in [1.54, 1.807) is 13.8 Å². The Morgan fingerprint density at radius 2 is 1.91 bits per heavy atom. The zero-order valence-electron chi connectivity index (χ0n) is 19.7. The van der Waals surface area contributed by atoms with Gasteiger partial charge in [0.2, 0.25) is 0 Å². The van der Waals surface area contributed by atoms with Crippen molar-refractivity contribution in [1.29, 1.82) is 0 Å². The van der Waals surface area contributed by atoms with E-state index < -0.39 is 29.0 Å². The summed E-state index contributed by atoms with van der Waals surface area (Å²) in [5, 5.41) is 23.2. The number of aliphatic hydroxyl groups is 2. The van der Waals surface area contributed by atoms with Crippen LogP contribution in [0.25, 0.3) is 10.9 Å². The summed E-state index contributed by atoms with van der Waals surface area (Å²) in [6.45, 7) is 8.28. The lowest BCUT2D eigenvalue weighted by Crippen LogP contribution is -2.72. The number of fused-ring (bicyclic) bond motifs is 6. The highest BCUT2D eigenvalue weighted by molar-refractivity contribution is 5.86. The average Bonchev–Trinajstić information content (AvgIpc) is 3.62. The molecule has 1 aromatic heterocycles. The summed E-state index contributed by atoms with van der Waals surface area (Å²) in [4.78, 5) is 3.83. The third kappa shape index (κ3) is 1.83. The van der Waals surface area contributed by atoms with E-state index >= 15 is 0 Å². The first-order valence-electron chi connectivity index (χ1n) is 12.6. The van der Waals surface area contributed by atoms with E-state index in [-0.39, 0.29) is 29.1 Å². The third-order valence-corrected chi connectivity index (χ3v) is 11.1. The molecular weight excluding hydrogens is 418 g/mol. The highest BCUT2D eigenvalue weighted by atomic mass is 16.7. The van der Waals surface area contributed by atoms with Crippen molar-refractivity contribution in [1.82, 2.24) is 4.98 Å². The van der Waals surface area contributed by atoms with Crippen LogP contribution < -0.4 is 0 Å². The highest BCUT2D eigenvalue weighted by Gasteiger charge is 2.95. The smallest absolute Gasteiger partial charge is 0.155 e. The van der Waals surface area contributed by atoms with Crippen LogP contribution in [-0.4, -0.2) is 62.5 Å². The number of nitrogens with one attached hydrogen (secondary N) is 1. The molecule has 4 heterocycles. The molecule has 5 fully saturated rings. The molecule has 6 heteroatoms. The van der Waals surface area contributed by atoms with Crippen molar-refractivity contribution in [2.45, 2.75) is 106 Å². The number of aromatic amines is 1. The lowest BCUT2D eigenvalue weighted by Gasteiger charge is -2.60. The molecule has 176 valence electrons. The standard InChI is InChI=1S/C27H33NO5/c1-23(2,30)21-19(29)22-26(33-22)17(31-21)9-10-24(3)25(4)13(12-18-27(24,26)32-18)11-15-14-7-5-6-8-16(14)28-20(15)25/h5-8,13,17-19,21-22,28-30H,9-12H2,1-4H3/t13-,17+,18?,19-,21+,22-,24-,25-,26+,27?/m1/s1. The van der Waals surface area contributed by atoms with Crippen molar-refractivity contribution >= 4 is 10.9 Å². The van der Waals surface area contributed by atoms with Gasteiger partial charge in [-0.3, -0.25) is 0 Å². The van der Waals surface area contributed by atoms with Crippen molar-refractivity contribution in [3.8, 4) is 0 Å². The average molecular weight is 452 g/mol. The maximum absolute atomic E-state index is 11.2. The van der Waals surface area contributed by atoms with Gasteiger partial charge >= 0.3 is 0 Å². The topological polar surface area (TPSA) is 90.5 Å². The molecule has 8 rings (SSSR count). The minimum absolute atomic E-state index is 0.0668. The van der Waals surface area contributed by atoms with Crippen LogP contribution in [0.5, 0.6) is 0 Å². The van der Waals surface area contributed by atoms with Gasteiger partial charge in [-0.2, -0.15) is 0 Å². The van der Waals surface area contributed by atoms with Gasteiger partial charge in [-0.1, -0.05) is 32.0 Å². The molecule has 2 aromatic rings. The van der Waals surface area contributed by atoms with Crippen LogP contribution in [0.3, 0.4) is 0 Å². The van der Waals surface area contributed by atoms with Crippen molar-refractivity contribution < 1.29 is 24.4 Å². The first kappa shape index (κ1) is 19.8. The molecule has 0 radical (unpaired) electrons. The number of benzene rings is 1. The first-order valence-corrected chi connectivity index (χ1v) is 12.6. The Labute approximate surface area is 193 Å². The Hall–Kier alpha value is -1.44. The van der Waals surface area contributed by atoms with Crippen LogP contribution in [-0.2, 0) is 26.0 Å². The van der Waals surface area contributed by atoms with E-state index in [1.165, 1.54) is 22.2 Å². The lowest BCUT2D eigenvalue weighted by atomic mass is 9.42. The maximum atomic E-state index is 11.2. The number of hydrogen-bond acceptors (Lipinski definition) is 5. The van der Waals surface area contributed by atoms with Gasteiger partial charge in [0.25, 0.3) is 0 Å². The van der Waals surface area contributed by atoms with Gasteiger partial charge in [0, 0.05) is 27.4 Å². The molecule has 6 aliphatic rings. The minimum Gasteiger partial charge on any atom is -0.388 e. The first-order chi connectivity index (χ1) is 15.6.